The first kappa shape index (κ1) is 16.6. The summed E-state index contributed by atoms with van der Waals surface area (Å²) < 4.78 is 1.07. The van der Waals surface area contributed by atoms with Crippen LogP contribution in [-0.4, -0.2) is 18.2 Å². The molecule has 4 heteroatoms. The fourth-order valence-corrected chi connectivity index (χ4v) is 4.38. The molecular weight excluding hydrogens is 400 g/mol. The van der Waals surface area contributed by atoms with E-state index in [9.17, 15) is 0 Å². The maximum absolute atomic E-state index is 6.05. The predicted octanol–water partition coefficient (Wildman–Crippen LogP) is 5.72. The molecule has 5 rings (SSSR count). The molecule has 0 saturated heterocycles. The molecule has 1 N–H and O–H groups in total. The average Bonchev–Trinajstić information content (AvgIpc) is 2.72. The minimum Gasteiger partial charge on any atom is -0.388 e. The molecule has 1 heterocycles. The van der Waals surface area contributed by atoms with Crippen LogP contribution < -0.4 is 5.32 Å². The zero-order valence-corrected chi connectivity index (χ0v) is 16.4. The van der Waals surface area contributed by atoms with Crippen LogP contribution in [0.5, 0.6) is 0 Å². The van der Waals surface area contributed by atoms with E-state index in [2.05, 4.69) is 81.9 Å². The first-order chi connectivity index (χ1) is 13.3. The van der Waals surface area contributed by atoms with Gasteiger partial charge in [0.05, 0.1) is 6.54 Å². The Kier molecular flexibility index (Phi) is 4.23. The SMILES string of the molecule is Brc1cc(CON2C=CNCC2)c2c(ccc3c4ccccc4ccc32)c1. The summed E-state index contributed by atoms with van der Waals surface area (Å²) in [4.78, 5) is 6.05. The summed E-state index contributed by atoms with van der Waals surface area (Å²) in [5.74, 6) is 0. The third-order valence-electron chi connectivity index (χ3n) is 5.11. The first-order valence-corrected chi connectivity index (χ1v) is 9.91. The van der Waals surface area contributed by atoms with Crippen molar-refractivity contribution in [2.45, 2.75) is 6.61 Å². The number of fused-ring (bicyclic) bond motifs is 5. The van der Waals surface area contributed by atoms with Gasteiger partial charge in [-0.3, -0.25) is 9.90 Å². The number of nitrogens with one attached hydrogen (secondary N) is 1. The van der Waals surface area contributed by atoms with E-state index in [0.717, 1.165) is 17.6 Å². The molecule has 0 aromatic heterocycles. The van der Waals surface area contributed by atoms with E-state index in [-0.39, 0.29) is 0 Å². The van der Waals surface area contributed by atoms with Crippen molar-refractivity contribution in [2.75, 3.05) is 13.1 Å². The Morgan fingerprint density at radius 2 is 1.78 bits per heavy atom. The summed E-state index contributed by atoms with van der Waals surface area (Å²) in [5, 5.41) is 12.7. The van der Waals surface area contributed by atoms with E-state index in [1.54, 1.807) is 0 Å². The molecule has 0 spiro atoms. The number of benzene rings is 4. The van der Waals surface area contributed by atoms with Crippen molar-refractivity contribution in [3.05, 3.63) is 83.1 Å². The lowest BCUT2D eigenvalue weighted by Gasteiger charge is -2.23. The van der Waals surface area contributed by atoms with Gasteiger partial charge in [0, 0.05) is 23.4 Å². The van der Waals surface area contributed by atoms with Gasteiger partial charge in [-0.25, -0.2) is 0 Å². The molecule has 27 heavy (non-hydrogen) atoms. The van der Waals surface area contributed by atoms with Crippen molar-refractivity contribution in [3.63, 3.8) is 0 Å². The smallest absolute Gasteiger partial charge is 0.101 e. The molecule has 0 atom stereocenters. The molecule has 0 fully saturated rings. The lowest BCUT2D eigenvalue weighted by atomic mass is 9.94. The molecule has 0 saturated carbocycles. The van der Waals surface area contributed by atoms with Crippen molar-refractivity contribution in [1.29, 1.82) is 0 Å². The highest BCUT2D eigenvalue weighted by molar-refractivity contribution is 9.10. The molecular formula is C23H19BrN2O. The lowest BCUT2D eigenvalue weighted by Crippen LogP contribution is -2.31. The normalized spacial score (nSPS) is 14.2. The Morgan fingerprint density at radius 1 is 0.926 bits per heavy atom. The highest BCUT2D eigenvalue weighted by Gasteiger charge is 2.12. The van der Waals surface area contributed by atoms with Gasteiger partial charge in [0.15, 0.2) is 0 Å². The van der Waals surface area contributed by atoms with Gasteiger partial charge in [-0.1, -0.05) is 64.5 Å². The maximum Gasteiger partial charge on any atom is 0.101 e. The Morgan fingerprint density at radius 3 is 2.67 bits per heavy atom. The second-order valence-corrected chi connectivity index (χ2v) is 7.71. The molecule has 134 valence electrons. The van der Waals surface area contributed by atoms with E-state index in [1.807, 2.05) is 17.5 Å². The van der Waals surface area contributed by atoms with Crippen molar-refractivity contribution >= 4 is 48.2 Å². The number of nitrogens with zero attached hydrogens (tertiary/aromatic N) is 1. The highest BCUT2D eigenvalue weighted by Crippen LogP contribution is 2.35. The zero-order chi connectivity index (χ0) is 18.2. The molecule has 1 aliphatic heterocycles. The van der Waals surface area contributed by atoms with Crippen molar-refractivity contribution < 1.29 is 4.84 Å². The summed E-state index contributed by atoms with van der Waals surface area (Å²) in [6, 6.07) is 21.8. The zero-order valence-electron chi connectivity index (χ0n) is 14.8. The van der Waals surface area contributed by atoms with Crippen LogP contribution in [0.4, 0.5) is 0 Å². The van der Waals surface area contributed by atoms with Gasteiger partial charge in [0.1, 0.15) is 6.61 Å². The molecule has 0 aliphatic carbocycles. The quantitative estimate of drug-likeness (QED) is 0.430. The second-order valence-electron chi connectivity index (χ2n) is 6.79. The standard InChI is InChI=1S/C23H19BrN2O/c24-19-13-17-6-7-21-20-4-2-1-3-16(20)5-8-22(21)23(17)18(14-19)15-27-26-11-9-25-10-12-26/h1-9,11,13-14,25H,10,12,15H2. The molecule has 4 aromatic carbocycles. The monoisotopic (exact) mass is 418 g/mol. The van der Waals surface area contributed by atoms with Crippen LogP contribution in [0, 0.1) is 0 Å². The van der Waals surface area contributed by atoms with Gasteiger partial charge in [-0.05, 0) is 50.0 Å². The molecule has 0 bridgehead atoms. The number of hydroxylamine groups is 2. The topological polar surface area (TPSA) is 24.5 Å². The number of hydrogen-bond donors (Lipinski definition) is 1. The van der Waals surface area contributed by atoms with E-state index in [0.29, 0.717) is 6.61 Å². The van der Waals surface area contributed by atoms with E-state index in [1.165, 1.54) is 37.9 Å². The van der Waals surface area contributed by atoms with Gasteiger partial charge in [0.25, 0.3) is 0 Å². The average molecular weight is 419 g/mol. The van der Waals surface area contributed by atoms with Crippen LogP contribution in [-0.2, 0) is 11.4 Å². The maximum atomic E-state index is 6.05. The van der Waals surface area contributed by atoms with Gasteiger partial charge < -0.3 is 5.32 Å². The molecule has 4 aromatic rings. The number of hydrogen-bond acceptors (Lipinski definition) is 3. The van der Waals surface area contributed by atoms with Crippen LogP contribution in [0.15, 0.2) is 77.5 Å². The predicted molar refractivity (Wildman–Crippen MR) is 115 cm³/mol. The number of halogens is 1. The van der Waals surface area contributed by atoms with Gasteiger partial charge in [-0.2, -0.15) is 0 Å². The van der Waals surface area contributed by atoms with Crippen LogP contribution in [0.1, 0.15) is 5.56 Å². The van der Waals surface area contributed by atoms with Gasteiger partial charge >= 0.3 is 0 Å². The largest absolute Gasteiger partial charge is 0.388 e. The van der Waals surface area contributed by atoms with Crippen LogP contribution in [0.3, 0.4) is 0 Å². The Balaban J connectivity index is 1.68. The Hall–Kier alpha value is -2.56. The Labute approximate surface area is 166 Å². The summed E-state index contributed by atoms with van der Waals surface area (Å²) in [7, 11) is 0. The van der Waals surface area contributed by atoms with Crippen LogP contribution in [0.25, 0.3) is 32.3 Å². The highest BCUT2D eigenvalue weighted by atomic mass is 79.9. The summed E-state index contributed by atoms with van der Waals surface area (Å²) >= 11 is 3.66. The minimum atomic E-state index is 0.534. The third-order valence-corrected chi connectivity index (χ3v) is 5.56. The fraction of sp³-hybridized carbons (Fsp3) is 0.130. The lowest BCUT2D eigenvalue weighted by molar-refractivity contribution is -0.133. The molecule has 0 amide bonds. The molecule has 0 radical (unpaired) electrons. The van der Waals surface area contributed by atoms with Crippen molar-refractivity contribution in [2.24, 2.45) is 0 Å². The van der Waals surface area contributed by atoms with Crippen LogP contribution >= 0.6 is 15.9 Å². The summed E-state index contributed by atoms with van der Waals surface area (Å²) in [5.41, 5.74) is 1.19. The second kappa shape index (κ2) is 6.87. The first-order valence-electron chi connectivity index (χ1n) is 9.12. The molecule has 1 aliphatic rings. The van der Waals surface area contributed by atoms with E-state index < -0.39 is 0 Å². The molecule has 0 unspecified atom stereocenters. The fourth-order valence-electron chi connectivity index (χ4n) is 3.85. The Bertz CT molecular complexity index is 1190. The summed E-state index contributed by atoms with van der Waals surface area (Å²) in [6.07, 6.45) is 3.86. The van der Waals surface area contributed by atoms with E-state index >= 15 is 0 Å². The van der Waals surface area contributed by atoms with E-state index in [4.69, 9.17) is 4.84 Å². The van der Waals surface area contributed by atoms with Gasteiger partial charge in [-0.15, -0.1) is 0 Å². The summed E-state index contributed by atoms with van der Waals surface area (Å²) in [6.45, 7) is 2.27. The number of rotatable bonds is 3. The molecule has 3 nitrogen and oxygen atoms in total. The van der Waals surface area contributed by atoms with Gasteiger partial charge in [0.2, 0.25) is 0 Å². The van der Waals surface area contributed by atoms with Crippen LogP contribution in [0.2, 0.25) is 0 Å². The van der Waals surface area contributed by atoms with Crippen molar-refractivity contribution in [3.8, 4) is 0 Å². The third kappa shape index (κ3) is 3.05. The van der Waals surface area contributed by atoms with Crippen molar-refractivity contribution in [1.82, 2.24) is 10.4 Å². The minimum absolute atomic E-state index is 0.534.